The van der Waals surface area contributed by atoms with E-state index in [9.17, 15) is 10.1 Å². The number of nitriles is 2. The number of nitrogens with zero attached hydrogens (tertiary/aromatic N) is 5. The first-order valence-electron chi connectivity index (χ1n) is 10.8. The summed E-state index contributed by atoms with van der Waals surface area (Å²) in [6.07, 6.45) is 0.535. The van der Waals surface area contributed by atoms with Crippen LogP contribution in [0.2, 0.25) is 0 Å². The molecule has 9 nitrogen and oxygen atoms in total. The van der Waals surface area contributed by atoms with E-state index in [0.717, 1.165) is 28.1 Å². The van der Waals surface area contributed by atoms with Crippen molar-refractivity contribution in [1.29, 1.82) is 10.5 Å². The standard InChI is InChI=1S/C25H23N7O2/c1-15-9-18(12-27)10-16(2)23(15)34-24-20-14-32(22(33)13-28)8-7-21(20)30-25(31-24)29-19-5-3-17(11-26)4-6-19/h3-6,9-10H,7-8,13-14,28H2,1-2H3,(H,29,30,31). The Morgan fingerprint density at radius 1 is 1.12 bits per heavy atom. The van der Waals surface area contributed by atoms with Gasteiger partial charge in [-0.3, -0.25) is 4.79 Å². The molecule has 1 aliphatic rings. The number of anilines is 2. The molecule has 0 saturated heterocycles. The first kappa shape index (κ1) is 22.7. The predicted molar refractivity (Wildman–Crippen MR) is 125 cm³/mol. The predicted octanol–water partition coefficient (Wildman–Crippen LogP) is 3.22. The number of aryl methyl sites for hydroxylation is 2. The zero-order valence-corrected chi connectivity index (χ0v) is 18.9. The Morgan fingerprint density at radius 2 is 1.79 bits per heavy atom. The molecule has 0 saturated carbocycles. The summed E-state index contributed by atoms with van der Waals surface area (Å²) in [5.41, 5.74) is 10.5. The minimum Gasteiger partial charge on any atom is -0.438 e. The Morgan fingerprint density at radius 3 is 2.41 bits per heavy atom. The summed E-state index contributed by atoms with van der Waals surface area (Å²) in [4.78, 5) is 23.2. The number of hydrogen-bond donors (Lipinski definition) is 2. The highest BCUT2D eigenvalue weighted by Gasteiger charge is 2.27. The van der Waals surface area contributed by atoms with Gasteiger partial charge in [0.25, 0.3) is 0 Å². The van der Waals surface area contributed by atoms with Crippen LogP contribution < -0.4 is 15.8 Å². The lowest BCUT2D eigenvalue weighted by Gasteiger charge is -2.29. The topological polar surface area (TPSA) is 141 Å². The smallest absolute Gasteiger partial charge is 0.236 e. The average Bonchev–Trinajstić information content (AvgIpc) is 2.85. The van der Waals surface area contributed by atoms with E-state index in [2.05, 4.69) is 27.4 Å². The molecule has 1 amide bonds. The van der Waals surface area contributed by atoms with Crippen LogP contribution in [0.25, 0.3) is 0 Å². The Kier molecular flexibility index (Phi) is 6.39. The van der Waals surface area contributed by atoms with Crippen LogP contribution in [0, 0.1) is 36.5 Å². The van der Waals surface area contributed by atoms with Crippen LogP contribution in [-0.2, 0) is 17.8 Å². The molecule has 3 aromatic rings. The normalized spacial score (nSPS) is 12.3. The van der Waals surface area contributed by atoms with Gasteiger partial charge in [-0.1, -0.05) is 0 Å². The Hall–Kier alpha value is -4.47. The van der Waals surface area contributed by atoms with Gasteiger partial charge in [0.2, 0.25) is 17.7 Å². The highest BCUT2D eigenvalue weighted by atomic mass is 16.5. The van der Waals surface area contributed by atoms with Crippen LogP contribution in [0.5, 0.6) is 11.6 Å². The number of carbonyl (C=O) groups excluding carboxylic acids is 1. The highest BCUT2D eigenvalue weighted by Crippen LogP contribution is 2.34. The lowest BCUT2D eigenvalue weighted by atomic mass is 10.1. The molecule has 34 heavy (non-hydrogen) atoms. The first-order valence-corrected chi connectivity index (χ1v) is 10.8. The number of nitrogens with two attached hydrogens (primary N) is 1. The second-order valence-electron chi connectivity index (χ2n) is 8.01. The average molecular weight is 454 g/mol. The fraction of sp³-hybridized carbons (Fsp3) is 0.240. The number of carbonyl (C=O) groups is 1. The van der Waals surface area contributed by atoms with E-state index in [1.807, 2.05) is 13.8 Å². The van der Waals surface area contributed by atoms with Gasteiger partial charge in [0, 0.05) is 18.7 Å². The number of ether oxygens (including phenoxy) is 1. The molecular weight excluding hydrogens is 430 g/mol. The molecule has 170 valence electrons. The fourth-order valence-corrected chi connectivity index (χ4v) is 3.90. The second-order valence-corrected chi connectivity index (χ2v) is 8.01. The number of hydrogen-bond acceptors (Lipinski definition) is 8. The molecular formula is C25H23N7O2. The Balaban J connectivity index is 1.74. The molecule has 0 radical (unpaired) electrons. The summed E-state index contributed by atoms with van der Waals surface area (Å²) in [5.74, 6) is 1.14. The Labute approximate surface area is 197 Å². The van der Waals surface area contributed by atoms with E-state index < -0.39 is 0 Å². The highest BCUT2D eigenvalue weighted by molar-refractivity contribution is 5.78. The molecule has 0 bridgehead atoms. The lowest BCUT2D eigenvalue weighted by Crippen LogP contribution is -2.40. The van der Waals surface area contributed by atoms with Crippen LogP contribution in [0.4, 0.5) is 11.6 Å². The van der Waals surface area contributed by atoms with E-state index in [1.54, 1.807) is 41.3 Å². The van der Waals surface area contributed by atoms with E-state index in [4.69, 9.17) is 15.7 Å². The molecule has 0 aliphatic carbocycles. The third kappa shape index (κ3) is 4.65. The summed E-state index contributed by atoms with van der Waals surface area (Å²) in [5, 5.41) is 21.4. The third-order valence-corrected chi connectivity index (χ3v) is 5.61. The third-order valence-electron chi connectivity index (χ3n) is 5.61. The van der Waals surface area contributed by atoms with E-state index in [1.165, 1.54) is 0 Å². The molecule has 0 fully saturated rings. The maximum Gasteiger partial charge on any atom is 0.236 e. The molecule has 0 atom stereocenters. The number of amides is 1. The summed E-state index contributed by atoms with van der Waals surface area (Å²) >= 11 is 0. The van der Waals surface area contributed by atoms with Gasteiger partial charge in [-0.2, -0.15) is 15.5 Å². The largest absolute Gasteiger partial charge is 0.438 e. The van der Waals surface area contributed by atoms with Crippen LogP contribution >= 0.6 is 0 Å². The number of fused-ring (bicyclic) bond motifs is 1. The van der Waals surface area contributed by atoms with Crippen molar-refractivity contribution in [1.82, 2.24) is 14.9 Å². The van der Waals surface area contributed by atoms with E-state index in [0.29, 0.717) is 48.2 Å². The minimum absolute atomic E-state index is 0.0709. The maximum absolute atomic E-state index is 12.2. The van der Waals surface area contributed by atoms with Gasteiger partial charge in [0.1, 0.15) is 5.75 Å². The number of rotatable bonds is 5. The van der Waals surface area contributed by atoms with Crippen LogP contribution in [-0.4, -0.2) is 33.9 Å². The van der Waals surface area contributed by atoms with Gasteiger partial charge < -0.3 is 20.7 Å². The molecule has 3 N–H and O–H groups in total. The van der Waals surface area contributed by atoms with E-state index >= 15 is 0 Å². The lowest BCUT2D eigenvalue weighted by molar-refractivity contribution is -0.130. The zero-order chi connectivity index (χ0) is 24.2. The minimum atomic E-state index is -0.151. The van der Waals surface area contributed by atoms with Crippen molar-refractivity contribution in [2.45, 2.75) is 26.8 Å². The van der Waals surface area contributed by atoms with Gasteiger partial charge in [0.15, 0.2) is 0 Å². The number of aromatic nitrogens is 2. The molecule has 0 unspecified atom stereocenters. The number of benzene rings is 2. The fourth-order valence-electron chi connectivity index (χ4n) is 3.90. The first-order chi connectivity index (χ1) is 16.4. The van der Waals surface area contributed by atoms with Crippen molar-refractivity contribution in [3.8, 4) is 23.8 Å². The SMILES string of the molecule is Cc1cc(C#N)cc(C)c1Oc1nc(Nc2ccc(C#N)cc2)nc2c1CN(C(=O)CN)CC2. The molecule has 4 rings (SSSR count). The summed E-state index contributed by atoms with van der Waals surface area (Å²) < 4.78 is 6.30. The molecule has 1 aromatic heterocycles. The maximum atomic E-state index is 12.2. The zero-order valence-electron chi connectivity index (χ0n) is 18.9. The summed E-state index contributed by atoms with van der Waals surface area (Å²) in [7, 11) is 0. The van der Waals surface area contributed by atoms with Gasteiger partial charge in [-0.15, -0.1) is 0 Å². The molecule has 2 heterocycles. The number of nitrogens with one attached hydrogen (secondary N) is 1. The quantitative estimate of drug-likeness (QED) is 0.600. The molecule has 0 spiro atoms. The summed E-state index contributed by atoms with van der Waals surface area (Å²) in [6.45, 7) is 4.48. The van der Waals surface area contributed by atoms with Crippen LogP contribution in [0.3, 0.4) is 0 Å². The van der Waals surface area contributed by atoms with E-state index in [-0.39, 0.29) is 12.5 Å². The van der Waals surface area contributed by atoms with Gasteiger partial charge in [-0.25, -0.2) is 4.98 Å². The second kappa shape index (κ2) is 9.57. The van der Waals surface area contributed by atoms with Gasteiger partial charge in [0.05, 0.1) is 47.6 Å². The Bertz CT molecular complexity index is 1310. The van der Waals surface area contributed by atoms with Crippen molar-refractivity contribution >= 4 is 17.5 Å². The molecule has 2 aromatic carbocycles. The van der Waals surface area contributed by atoms with Crippen molar-refractivity contribution in [3.05, 3.63) is 69.9 Å². The van der Waals surface area contributed by atoms with Crippen molar-refractivity contribution in [2.24, 2.45) is 5.73 Å². The van der Waals surface area contributed by atoms with Crippen LogP contribution in [0.1, 0.15) is 33.5 Å². The van der Waals surface area contributed by atoms with Crippen molar-refractivity contribution < 1.29 is 9.53 Å². The molecule has 9 heteroatoms. The summed E-state index contributed by atoms with van der Waals surface area (Å²) in [6, 6.07) is 14.7. The van der Waals surface area contributed by atoms with Crippen LogP contribution in [0.15, 0.2) is 36.4 Å². The molecule has 1 aliphatic heterocycles. The van der Waals surface area contributed by atoms with Gasteiger partial charge in [-0.05, 0) is 61.4 Å². The monoisotopic (exact) mass is 453 g/mol. The van der Waals surface area contributed by atoms with Crippen molar-refractivity contribution in [3.63, 3.8) is 0 Å². The van der Waals surface area contributed by atoms with Crippen molar-refractivity contribution in [2.75, 3.05) is 18.4 Å². The van der Waals surface area contributed by atoms with Gasteiger partial charge >= 0.3 is 0 Å².